The second-order valence-electron chi connectivity index (χ2n) is 4.77. The van der Waals surface area contributed by atoms with Gasteiger partial charge >= 0.3 is 0 Å². The van der Waals surface area contributed by atoms with Crippen molar-refractivity contribution in [3.8, 4) is 6.07 Å². The van der Waals surface area contributed by atoms with Gasteiger partial charge in [-0.05, 0) is 24.0 Å². The Morgan fingerprint density at radius 2 is 1.60 bits per heavy atom. The molecule has 1 unspecified atom stereocenters. The number of hydrogen-bond donors (Lipinski definition) is 0. The van der Waals surface area contributed by atoms with Crippen LogP contribution < -0.4 is 0 Å². The Kier molecular flexibility index (Phi) is 5.82. The third-order valence-electron chi connectivity index (χ3n) is 3.25. The van der Waals surface area contributed by atoms with Gasteiger partial charge in [0.15, 0.2) is 0 Å². The van der Waals surface area contributed by atoms with Crippen LogP contribution in [0.1, 0.15) is 29.9 Å². The van der Waals surface area contributed by atoms with Crippen molar-refractivity contribution in [2.24, 2.45) is 0 Å². The highest BCUT2D eigenvalue weighted by Crippen LogP contribution is 2.20. The molecule has 0 amide bonds. The quantitative estimate of drug-likeness (QED) is 0.700. The lowest BCUT2D eigenvalue weighted by Crippen LogP contribution is -2.00. The Balaban J connectivity index is 1.69. The molecule has 0 aliphatic rings. The van der Waals surface area contributed by atoms with E-state index in [0.29, 0.717) is 13.2 Å². The predicted molar refractivity (Wildman–Crippen MR) is 80.1 cm³/mol. The number of nitriles is 1. The molecular formula is C18H19NO. The van der Waals surface area contributed by atoms with Crippen LogP contribution >= 0.6 is 0 Å². The Bertz CT molecular complexity index is 530. The minimum Gasteiger partial charge on any atom is -0.377 e. The van der Waals surface area contributed by atoms with Crippen molar-refractivity contribution in [2.45, 2.75) is 25.4 Å². The van der Waals surface area contributed by atoms with Crippen LogP contribution in [0, 0.1) is 11.3 Å². The Labute approximate surface area is 120 Å². The summed E-state index contributed by atoms with van der Waals surface area (Å²) in [4.78, 5) is 0. The largest absolute Gasteiger partial charge is 0.377 e. The van der Waals surface area contributed by atoms with E-state index >= 15 is 0 Å². The normalized spacial score (nSPS) is 11.8. The van der Waals surface area contributed by atoms with Crippen LogP contribution in [0.15, 0.2) is 60.7 Å². The molecule has 2 rings (SSSR count). The van der Waals surface area contributed by atoms with E-state index in [1.54, 1.807) is 0 Å². The fourth-order valence-corrected chi connectivity index (χ4v) is 2.14. The summed E-state index contributed by atoms with van der Waals surface area (Å²) >= 11 is 0. The topological polar surface area (TPSA) is 33.0 Å². The van der Waals surface area contributed by atoms with E-state index in [2.05, 4.69) is 18.2 Å². The highest BCUT2D eigenvalue weighted by molar-refractivity contribution is 5.24. The molecule has 0 radical (unpaired) electrons. The standard InChI is InChI=1S/C18H19NO/c19-14-18(17-10-5-2-6-11-17)12-7-13-20-15-16-8-3-1-4-9-16/h1-6,8-11,18H,7,12-13,15H2. The van der Waals surface area contributed by atoms with E-state index < -0.39 is 0 Å². The molecule has 2 heteroatoms. The summed E-state index contributed by atoms with van der Waals surface area (Å²) in [5, 5.41) is 9.22. The molecule has 2 nitrogen and oxygen atoms in total. The highest BCUT2D eigenvalue weighted by atomic mass is 16.5. The zero-order valence-electron chi connectivity index (χ0n) is 11.5. The van der Waals surface area contributed by atoms with Gasteiger partial charge < -0.3 is 4.74 Å². The van der Waals surface area contributed by atoms with Gasteiger partial charge in [0.2, 0.25) is 0 Å². The average molecular weight is 265 g/mol. The highest BCUT2D eigenvalue weighted by Gasteiger charge is 2.09. The first-order chi connectivity index (χ1) is 9.90. The minimum atomic E-state index is -0.0310. The van der Waals surface area contributed by atoms with Crippen molar-refractivity contribution in [3.63, 3.8) is 0 Å². The van der Waals surface area contributed by atoms with Crippen molar-refractivity contribution in [2.75, 3.05) is 6.61 Å². The van der Waals surface area contributed by atoms with Crippen LogP contribution in [0.2, 0.25) is 0 Å². The van der Waals surface area contributed by atoms with Gasteiger partial charge in [0.25, 0.3) is 0 Å². The molecule has 102 valence electrons. The fraction of sp³-hybridized carbons (Fsp3) is 0.278. The minimum absolute atomic E-state index is 0.0310. The lowest BCUT2D eigenvalue weighted by Gasteiger charge is -2.09. The first-order valence-corrected chi connectivity index (χ1v) is 6.96. The molecule has 1 atom stereocenters. The summed E-state index contributed by atoms with van der Waals surface area (Å²) in [6.45, 7) is 1.34. The molecule has 0 bridgehead atoms. The molecular weight excluding hydrogens is 246 g/mol. The van der Waals surface area contributed by atoms with Crippen molar-refractivity contribution < 1.29 is 4.74 Å². The molecule has 2 aromatic rings. The number of rotatable bonds is 7. The molecule has 0 aromatic heterocycles. The fourth-order valence-electron chi connectivity index (χ4n) is 2.14. The van der Waals surface area contributed by atoms with Gasteiger partial charge in [-0.2, -0.15) is 5.26 Å². The SMILES string of the molecule is N#CC(CCCOCc1ccccc1)c1ccccc1. The van der Waals surface area contributed by atoms with Crippen LogP contribution in [0.25, 0.3) is 0 Å². The van der Waals surface area contributed by atoms with E-state index in [4.69, 9.17) is 4.74 Å². The third-order valence-corrected chi connectivity index (χ3v) is 3.25. The number of ether oxygens (including phenoxy) is 1. The average Bonchev–Trinajstić information content (AvgIpc) is 2.53. The number of hydrogen-bond acceptors (Lipinski definition) is 2. The zero-order valence-corrected chi connectivity index (χ0v) is 11.5. The van der Waals surface area contributed by atoms with E-state index in [1.165, 1.54) is 5.56 Å². The molecule has 0 spiro atoms. The van der Waals surface area contributed by atoms with Gasteiger partial charge in [-0.15, -0.1) is 0 Å². The van der Waals surface area contributed by atoms with Crippen molar-refractivity contribution in [3.05, 3.63) is 71.8 Å². The molecule has 0 fully saturated rings. The summed E-state index contributed by atoms with van der Waals surface area (Å²) in [5.74, 6) is -0.0310. The second-order valence-corrected chi connectivity index (χ2v) is 4.77. The Morgan fingerprint density at radius 3 is 2.25 bits per heavy atom. The van der Waals surface area contributed by atoms with Crippen molar-refractivity contribution in [1.29, 1.82) is 5.26 Å². The number of benzene rings is 2. The first-order valence-electron chi connectivity index (χ1n) is 6.96. The summed E-state index contributed by atoms with van der Waals surface area (Å²) in [6, 6.07) is 22.5. The van der Waals surface area contributed by atoms with Crippen LogP contribution in [-0.4, -0.2) is 6.61 Å². The molecule has 0 saturated heterocycles. The van der Waals surface area contributed by atoms with E-state index in [0.717, 1.165) is 18.4 Å². The molecule has 0 heterocycles. The Morgan fingerprint density at radius 1 is 0.950 bits per heavy atom. The number of nitrogens with zero attached hydrogens (tertiary/aromatic N) is 1. The van der Waals surface area contributed by atoms with E-state index in [1.807, 2.05) is 48.5 Å². The van der Waals surface area contributed by atoms with Crippen LogP contribution in [0.5, 0.6) is 0 Å². The van der Waals surface area contributed by atoms with Gasteiger partial charge in [-0.25, -0.2) is 0 Å². The molecule has 2 aromatic carbocycles. The van der Waals surface area contributed by atoms with Crippen LogP contribution in [-0.2, 0) is 11.3 Å². The van der Waals surface area contributed by atoms with E-state index in [9.17, 15) is 5.26 Å². The summed E-state index contributed by atoms with van der Waals surface area (Å²) in [7, 11) is 0. The Hall–Kier alpha value is -2.11. The maximum atomic E-state index is 9.22. The van der Waals surface area contributed by atoms with Crippen molar-refractivity contribution in [1.82, 2.24) is 0 Å². The maximum absolute atomic E-state index is 9.22. The molecule has 20 heavy (non-hydrogen) atoms. The summed E-state index contributed by atoms with van der Waals surface area (Å²) < 4.78 is 5.64. The molecule has 0 aliphatic heterocycles. The first kappa shape index (κ1) is 14.3. The summed E-state index contributed by atoms with van der Waals surface area (Å²) in [5.41, 5.74) is 2.28. The lowest BCUT2D eigenvalue weighted by atomic mass is 9.96. The smallest absolute Gasteiger partial charge is 0.0716 e. The third kappa shape index (κ3) is 4.53. The monoisotopic (exact) mass is 265 g/mol. The van der Waals surface area contributed by atoms with Gasteiger partial charge in [0.1, 0.15) is 0 Å². The summed E-state index contributed by atoms with van der Waals surface area (Å²) in [6.07, 6.45) is 1.75. The van der Waals surface area contributed by atoms with E-state index in [-0.39, 0.29) is 5.92 Å². The molecule has 0 saturated carbocycles. The van der Waals surface area contributed by atoms with Gasteiger partial charge in [0.05, 0.1) is 18.6 Å². The van der Waals surface area contributed by atoms with Gasteiger partial charge in [0, 0.05) is 6.61 Å². The lowest BCUT2D eigenvalue weighted by molar-refractivity contribution is 0.116. The van der Waals surface area contributed by atoms with Gasteiger partial charge in [-0.1, -0.05) is 60.7 Å². The predicted octanol–water partition coefficient (Wildman–Crippen LogP) is 4.29. The van der Waals surface area contributed by atoms with Crippen molar-refractivity contribution >= 4 is 0 Å². The van der Waals surface area contributed by atoms with Crippen LogP contribution in [0.3, 0.4) is 0 Å². The van der Waals surface area contributed by atoms with Crippen LogP contribution in [0.4, 0.5) is 0 Å². The zero-order chi connectivity index (χ0) is 14.0. The molecule has 0 N–H and O–H groups in total. The maximum Gasteiger partial charge on any atom is 0.0716 e. The van der Waals surface area contributed by atoms with Gasteiger partial charge in [-0.3, -0.25) is 0 Å². The molecule has 0 aliphatic carbocycles. The second kappa shape index (κ2) is 8.14.